The van der Waals surface area contributed by atoms with Crippen molar-refractivity contribution >= 4 is 28.6 Å². The van der Waals surface area contributed by atoms with Crippen LogP contribution in [0.4, 0.5) is 10.3 Å². The first-order valence-corrected chi connectivity index (χ1v) is 6.70. The van der Waals surface area contributed by atoms with E-state index in [-0.39, 0.29) is 5.02 Å². The molecule has 0 fully saturated rings. The number of benzene rings is 2. The zero-order valence-corrected chi connectivity index (χ0v) is 12.1. The van der Waals surface area contributed by atoms with Gasteiger partial charge in [-0.05, 0) is 23.8 Å². The summed E-state index contributed by atoms with van der Waals surface area (Å²) in [7, 11) is 1.61. The van der Waals surface area contributed by atoms with Crippen molar-refractivity contribution in [2.24, 2.45) is 0 Å². The van der Waals surface area contributed by atoms with Crippen LogP contribution < -0.4 is 10.5 Å². The lowest BCUT2D eigenvalue weighted by atomic mass is 10.2. The highest BCUT2D eigenvalue weighted by molar-refractivity contribution is 6.31. The monoisotopic (exact) mass is 305 g/mol. The van der Waals surface area contributed by atoms with Gasteiger partial charge in [0, 0.05) is 6.07 Å². The number of methoxy groups -OCH3 is 1. The standard InChI is InChI=1S/C15H13ClFN3O/c1-21-10-4-2-3-9(5-10)8-20-14-7-12(17)11(16)6-13(14)19-15(20)18/h2-7H,8H2,1H3,(H2,18,19). The molecule has 2 N–H and O–H groups in total. The molecule has 0 radical (unpaired) electrons. The van der Waals surface area contributed by atoms with E-state index in [2.05, 4.69) is 4.98 Å². The molecule has 0 spiro atoms. The van der Waals surface area contributed by atoms with Crippen molar-refractivity contribution in [2.45, 2.75) is 6.54 Å². The van der Waals surface area contributed by atoms with Gasteiger partial charge in [-0.3, -0.25) is 0 Å². The number of nitrogens with zero attached hydrogens (tertiary/aromatic N) is 2. The third-order valence-corrected chi connectivity index (χ3v) is 3.58. The summed E-state index contributed by atoms with van der Waals surface area (Å²) in [6.07, 6.45) is 0. The van der Waals surface area contributed by atoms with Crippen molar-refractivity contribution in [2.75, 3.05) is 12.8 Å². The van der Waals surface area contributed by atoms with Crippen LogP contribution in [-0.4, -0.2) is 16.7 Å². The van der Waals surface area contributed by atoms with Gasteiger partial charge in [-0.2, -0.15) is 0 Å². The summed E-state index contributed by atoms with van der Waals surface area (Å²) in [5.74, 6) is 0.579. The van der Waals surface area contributed by atoms with Gasteiger partial charge in [0.1, 0.15) is 11.6 Å². The van der Waals surface area contributed by atoms with E-state index in [1.807, 2.05) is 24.3 Å². The molecule has 0 atom stereocenters. The van der Waals surface area contributed by atoms with Crippen LogP contribution in [0, 0.1) is 5.82 Å². The quantitative estimate of drug-likeness (QED) is 0.806. The summed E-state index contributed by atoms with van der Waals surface area (Å²) in [6.45, 7) is 0.473. The number of nitrogen functional groups attached to an aromatic ring is 1. The summed E-state index contributed by atoms with van der Waals surface area (Å²) in [4.78, 5) is 4.21. The largest absolute Gasteiger partial charge is 0.497 e. The SMILES string of the molecule is COc1cccc(Cn2c(N)nc3cc(Cl)c(F)cc32)c1. The molecule has 0 unspecified atom stereocenters. The number of aromatic nitrogens is 2. The van der Waals surface area contributed by atoms with Crippen LogP contribution in [0.25, 0.3) is 11.0 Å². The lowest BCUT2D eigenvalue weighted by Crippen LogP contribution is -2.04. The minimum Gasteiger partial charge on any atom is -0.497 e. The van der Waals surface area contributed by atoms with E-state index in [1.165, 1.54) is 12.1 Å². The predicted molar refractivity (Wildman–Crippen MR) is 81.2 cm³/mol. The fourth-order valence-electron chi connectivity index (χ4n) is 2.26. The molecule has 1 heterocycles. The van der Waals surface area contributed by atoms with Crippen LogP contribution in [0.3, 0.4) is 0 Å². The van der Waals surface area contributed by atoms with Crippen molar-refractivity contribution in [3.05, 3.63) is 52.8 Å². The topological polar surface area (TPSA) is 53.1 Å². The van der Waals surface area contributed by atoms with Gasteiger partial charge < -0.3 is 15.0 Å². The molecule has 0 aliphatic carbocycles. The third-order valence-electron chi connectivity index (χ3n) is 3.29. The van der Waals surface area contributed by atoms with Gasteiger partial charge in [0.25, 0.3) is 0 Å². The van der Waals surface area contributed by atoms with Crippen molar-refractivity contribution < 1.29 is 9.13 Å². The van der Waals surface area contributed by atoms with Crippen LogP contribution >= 0.6 is 11.6 Å². The van der Waals surface area contributed by atoms with E-state index < -0.39 is 5.82 Å². The van der Waals surface area contributed by atoms with E-state index in [0.29, 0.717) is 23.5 Å². The maximum atomic E-state index is 13.7. The van der Waals surface area contributed by atoms with Gasteiger partial charge in [0.15, 0.2) is 0 Å². The lowest BCUT2D eigenvalue weighted by Gasteiger charge is -2.08. The van der Waals surface area contributed by atoms with Crippen molar-refractivity contribution in [1.82, 2.24) is 9.55 Å². The number of hydrogen-bond acceptors (Lipinski definition) is 3. The average molecular weight is 306 g/mol. The maximum Gasteiger partial charge on any atom is 0.201 e. The zero-order chi connectivity index (χ0) is 15.0. The number of rotatable bonds is 3. The minimum absolute atomic E-state index is 0.0357. The number of halogens is 2. The molecule has 4 nitrogen and oxygen atoms in total. The molecule has 108 valence electrons. The summed E-state index contributed by atoms with van der Waals surface area (Å²) < 4.78 is 20.6. The molecule has 0 saturated carbocycles. The number of hydrogen-bond donors (Lipinski definition) is 1. The smallest absolute Gasteiger partial charge is 0.201 e. The normalized spacial score (nSPS) is 11.0. The molecule has 3 aromatic rings. The van der Waals surface area contributed by atoms with Crippen LogP contribution in [0.5, 0.6) is 5.75 Å². The van der Waals surface area contributed by atoms with E-state index in [4.69, 9.17) is 22.1 Å². The molecule has 21 heavy (non-hydrogen) atoms. The molecule has 0 amide bonds. The zero-order valence-electron chi connectivity index (χ0n) is 11.3. The second-order valence-corrected chi connectivity index (χ2v) is 5.07. The van der Waals surface area contributed by atoms with E-state index >= 15 is 0 Å². The lowest BCUT2D eigenvalue weighted by molar-refractivity contribution is 0.414. The first kappa shape index (κ1) is 13.7. The van der Waals surface area contributed by atoms with Crippen LogP contribution in [0.1, 0.15) is 5.56 Å². The minimum atomic E-state index is -0.490. The maximum absolute atomic E-state index is 13.7. The molecule has 3 rings (SSSR count). The number of imidazole rings is 1. The van der Waals surface area contributed by atoms with E-state index in [0.717, 1.165) is 11.3 Å². The molecule has 0 bridgehead atoms. The van der Waals surface area contributed by atoms with Gasteiger partial charge in [-0.15, -0.1) is 0 Å². The van der Waals surface area contributed by atoms with Gasteiger partial charge in [-0.1, -0.05) is 23.7 Å². The molecule has 1 aromatic heterocycles. The number of nitrogens with two attached hydrogens (primary N) is 1. The van der Waals surface area contributed by atoms with Gasteiger partial charge in [0.05, 0.1) is 29.7 Å². The first-order valence-electron chi connectivity index (χ1n) is 6.32. The molecule has 0 aliphatic heterocycles. The fourth-order valence-corrected chi connectivity index (χ4v) is 2.42. The summed E-state index contributed by atoms with van der Waals surface area (Å²) >= 11 is 5.77. The van der Waals surface area contributed by atoms with Crippen molar-refractivity contribution in [3.63, 3.8) is 0 Å². The average Bonchev–Trinajstić information content (AvgIpc) is 2.76. The van der Waals surface area contributed by atoms with Gasteiger partial charge >= 0.3 is 0 Å². The highest BCUT2D eigenvalue weighted by Gasteiger charge is 2.12. The highest BCUT2D eigenvalue weighted by Crippen LogP contribution is 2.26. The van der Waals surface area contributed by atoms with Gasteiger partial charge in [-0.25, -0.2) is 9.37 Å². The van der Waals surface area contributed by atoms with Gasteiger partial charge in [0.2, 0.25) is 5.95 Å². The number of anilines is 1. The van der Waals surface area contributed by atoms with E-state index in [1.54, 1.807) is 11.7 Å². The Kier molecular flexibility index (Phi) is 3.43. The molecule has 6 heteroatoms. The Morgan fingerprint density at radius 3 is 2.90 bits per heavy atom. The summed E-state index contributed by atoms with van der Waals surface area (Å²) in [5, 5.41) is 0.0357. The predicted octanol–water partition coefficient (Wildman–Crippen LogP) is 3.47. The number of fused-ring (bicyclic) bond motifs is 1. The van der Waals surface area contributed by atoms with Crippen molar-refractivity contribution in [3.8, 4) is 5.75 Å². The summed E-state index contributed by atoms with van der Waals surface area (Å²) in [6, 6.07) is 10.4. The second kappa shape index (κ2) is 5.26. The molecular formula is C15H13ClFN3O. The van der Waals surface area contributed by atoms with E-state index in [9.17, 15) is 4.39 Å². The van der Waals surface area contributed by atoms with Crippen LogP contribution in [-0.2, 0) is 6.54 Å². The fraction of sp³-hybridized carbons (Fsp3) is 0.133. The highest BCUT2D eigenvalue weighted by atomic mass is 35.5. The molecule has 0 aliphatic rings. The van der Waals surface area contributed by atoms with Crippen molar-refractivity contribution in [1.29, 1.82) is 0 Å². The number of ether oxygens (including phenoxy) is 1. The first-order chi connectivity index (χ1) is 10.1. The Hall–Kier alpha value is -2.27. The Morgan fingerprint density at radius 2 is 2.14 bits per heavy atom. The second-order valence-electron chi connectivity index (χ2n) is 4.66. The Balaban J connectivity index is 2.07. The van der Waals surface area contributed by atoms with Crippen LogP contribution in [0.2, 0.25) is 5.02 Å². The molecule has 0 saturated heterocycles. The Labute approximate surface area is 125 Å². The molecular weight excluding hydrogens is 293 g/mol. The van der Waals surface area contributed by atoms with Crippen LogP contribution in [0.15, 0.2) is 36.4 Å². The Morgan fingerprint density at radius 1 is 1.33 bits per heavy atom. The summed E-state index contributed by atoms with van der Waals surface area (Å²) in [5.41, 5.74) is 8.09. The third kappa shape index (κ3) is 2.52. The Bertz CT molecular complexity index is 816. The molecule has 2 aromatic carbocycles.